The van der Waals surface area contributed by atoms with Gasteiger partial charge >= 0.3 is 0 Å². The van der Waals surface area contributed by atoms with Crippen molar-refractivity contribution in [2.75, 3.05) is 6.61 Å². The molecule has 0 spiro atoms. The van der Waals surface area contributed by atoms with E-state index in [2.05, 4.69) is 15.9 Å². The highest BCUT2D eigenvalue weighted by Crippen LogP contribution is 2.43. The molecule has 0 aliphatic carbocycles. The lowest BCUT2D eigenvalue weighted by Crippen LogP contribution is -2.25. The van der Waals surface area contributed by atoms with Crippen molar-refractivity contribution in [2.24, 2.45) is 0 Å². The molecule has 1 unspecified atom stereocenters. The zero-order valence-electron chi connectivity index (χ0n) is 7.31. The minimum absolute atomic E-state index is 0.419. The fraction of sp³-hybridized carbons (Fsp3) is 0.400. The Morgan fingerprint density at radius 1 is 1.54 bits per heavy atom. The molecule has 0 fully saturated rings. The number of halogens is 2. The van der Waals surface area contributed by atoms with Crippen LogP contribution in [0.1, 0.15) is 18.9 Å². The van der Waals surface area contributed by atoms with Crippen LogP contribution < -0.4 is 4.74 Å². The lowest BCUT2D eigenvalue weighted by molar-refractivity contribution is 0.109. The number of hydrogen-bond donors (Lipinski definition) is 0. The molecule has 0 aromatic heterocycles. The number of fused-ring (bicyclic) bond motifs is 1. The standard InChI is InChI=1S/C10H10BrFO/c1-10(12)5-6-13-8-4-2-3-7(11)9(8)10/h2-4H,5-6H2,1H3. The van der Waals surface area contributed by atoms with Gasteiger partial charge in [-0.15, -0.1) is 0 Å². The molecule has 0 bridgehead atoms. The average Bonchev–Trinajstić information content (AvgIpc) is 2.02. The maximum atomic E-state index is 14.0. The third-order valence-corrected chi connectivity index (χ3v) is 2.99. The van der Waals surface area contributed by atoms with E-state index in [1.54, 1.807) is 13.0 Å². The average molecular weight is 245 g/mol. The summed E-state index contributed by atoms with van der Waals surface area (Å²) in [5.41, 5.74) is -0.630. The van der Waals surface area contributed by atoms with Gasteiger partial charge in [0.25, 0.3) is 0 Å². The third kappa shape index (κ3) is 1.46. The number of benzene rings is 1. The Morgan fingerprint density at radius 3 is 3.00 bits per heavy atom. The highest BCUT2D eigenvalue weighted by Gasteiger charge is 2.34. The zero-order chi connectivity index (χ0) is 9.47. The molecule has 1 atom stereocenters. The van der Waals surface area contributed by atoms with Crippen LogP contribution in [-0.4, -0.2) is 6.61 Å². The van der Waals surface area contributed by atoms with Gasteiger partial charge in [0.05, 0.1) is 6.61 Å². The molecule has 0 N–H and O–H groups in total. The Labute approximate surface area is 85.0 Å². The van der Waals surface area contributed by atoms with Crippen molar-refractivity contribution in [1.82, 2.24) is 0 Å². The Hall–Kier alpha value is -0.570. The minimum atomic E-state index is -1.27. The van der Waals surface area contributed by atoms with Gasteiger partial charge in [0.1, 0.15) is 11.4 Å². The summed E-state index contributed by atoms with van der Waals surface area (Å²) in [4.78, 5) is 0. The fourth-order valence-electron chi connectivity index (χ4n) is 1.61. The molecule has 2 rings (SSSR count). The first kappa shape index (κ1) is 9.00. The third-order valence-electron chi connectivity index (χ3n) is 2.33. The Morgan fingerprint density at radius 2 is 2.31 bits per heavy atom. The van der Waals surface area contributed by atoms with E-state index in [0.717, 1.165) is 4.47 Å². The summed E-state index contributed by atoms with van der Waals surface area (Å²) in [6, 6.07) is 5.49. The van der Waals surface area contributed by atoms with Crippen molar-refractivity contribution < 1.29 is 9.13 Å². The molecule has 1 heterocycles. The van der Waals surface area contributed by atoms with E-state index < -0.39 is 5.67 Å². The second kappa shape index (κ2) is 2.98. The number of hydrogen-bond acceptors (Lipinski definition) is 1. The van der Waals surface area contributed by atoms with Crippen molar-refractivity contribution in [3.63, 3.8) is 0 Å². The predicted octanol–water partition coefficient (Wildman–Crippen LogP) is 3.42. The maximum absolute atomic E-state index is 14.0. The minimum Gasteiger partial charge on any atom is -0.493 e. The molecule has 3 heteroatoms. The van der Waals surface area contributed by atoms with Crippen molar-refractivity contribution in [3.8, 4) is 5.75 Å². The first-order chi connectivity index (χ1) is 6.11. The first-order valence-corrected chi connectivity index (χ1v) is 5.01. The highest BCUT2D eigenvalue weighted by atomic mass is 79.9. The Balaban J connectivity index is 2.61. The van der Waals surface area contributed by atoms with Crippen LogP contribution in [0.2, 0.25) is 0 Å². The monoisotopic (exact) mass is 244 g/mol. The molecule has 1 aromatic rings. The maximum Gasteiger partial charge on any atom is 0.141 e. The predicted molar refractivity (Wildman–Crippen MR) is 52.7 cm³/mol. The number of rotatable bonds is 0. The summed E-state index contributed by atoms with van der Waals surface area (Å²) < 4.78 is 20.2. The number of ether oxygens (including phenoxy) is 1. The van der Waals surface area contributed by atoms with Crippen LogP contribution in [-0.2, 0) is 5.67 Å². The molecule has 1 aliphatic heterocycles. The molecule has 0 radical (unpaired) electrons. The van der Waals surface area contributed by atoms with E-state index in [0.29, 0.717) is 24.3 Å². The van der Waals surface area contributed by atoms with Crippen LogP contribution in [0.25, 0.3) is 0 Å². The van der Waals surface area contributed by atoms with Crippen molar-refractivity contribution >= 4 is 15.9 Å². The zero-order valence-corrected chi connectivity index (χ0v) is 8.90. The molecule has 13 heavy (non-hydrogen) atoms. The molecule has 0 saturated carbocycles. The lowest BCUT2D eigenvalue weighted by Gasteiger charge is -2.29. The van der Waals surface area contributed by atoms with Crippen LogP contribution in [0.15, 0.2) is 22.7 Å². The summed E-state index contributed by atoms with van der Waals surface area (Å²) in [7, 11) is 0. The van der Waals surface area contributed by atoms with Crippen LogP contribution in [0, 0.1) is 0 Å². The lowest BCUT2D eigenvalue weighted by atomic mass is 9.92. The van der Waals surface area contributed by atoms with Crippen LogP contribution in [0.3, 0.4) is 0 Å². The van der Waals surface area contributed by atoms with Crippen molar-refractivity contribution in [1.29, 1.82) is 0 Å². The van der Waals surface area contributed by atoms with E-state index >= 15 is 0 Å². The van der Waals surface area contributed by atoms with Crippen molar-refractivity contribution in [2.45, 2.75) is 19.0 Å². The molecule has 1 aliphatic rings. The van der Waals surface area contributed by atoms with Gasteiger partial charge in [-0.05, 0) is 19.1 Å². The summed E-state index contributed by atoms with van der Waals surface area (Å²) in [5, 5.41) is 0. The van der Waals surface area contributed by atoms with E-state index in [4.69, 9.17) is 4.74 Å². The van der Waals surface area contributed by atoms with Crippen LogP contribution in [0.5, 0.6) is 5.75 Å². The molecule has 70 valence electrons. The molecular formula is C10H10BrFO. The quantitative estimate of drug-likeness (QED) is 0.680. The fourth-order valence-corrected chi connectivity index (χ4v) is 2.37. The molecule has 0 saturated heterocycles. The largest absolute Gasteiger partial charge is 0.493 e. The van der Waals surface area contributed by atoms with Crippen LogP contribution in [0.4, 0.5) is 4.39 Å². The summed E-state index contributed by atoms with van der Waals surface area (Å²) >= 11 is 3.34. The van der Waals surface area contributed by atoms with Gasteiger partial charge < -0.3 is 4.74 Å². The van der Waals surface area contributed by atoms with Gasteiger partial charge in [0, 0.05) is 16.5 Å². The summed E-state index contributed by atoms with van der Waals surface area (Å²) in [6.45, 7) is 2.05. The Bertz CT molecular complexity index is 336. The van der Waals surface area contributed by atoms with E-state index in [1.165, 1.54) is 0 Å². The van der Waals surface area contributed by atoms with Gasteiger partial charge in [-0.3, -0.25) is 0 Å². The van der Waals surface area contributed by atoms with Gasteiger partial charge in [-0.1, -0.05) is 22.0 Å². The van der Waals surface area contributed by atoms with Crippen LogP contribution >= 0.6 is 15.9 Å². The van der Waals surface area contributed by atoms with Gasteiger partial charge in [-0.25, -0.2) is 4.39 Å². The summed E-state index contributed by atoms with van der Waals surface area (Å²) in [5.74, 6) is 0.658. The van der Waals surface area contributed by atoms with Gasteiger partial charge in [0.15, 0.2) is 0 Å². The second-order valence-corrected chi connectivity index (χ2v) is 4.26. The highest BCUT2D eigenvalue weighted by molar-refractivity contribution is 9.10. The van der Waals surface area contributed by atoms with E-state index in [-0.39, 0.29) is 0 Å². The van der Waals surface area contributed by atoms with Gasteiger partial charge in [0.2, 0.25) is 0 Å². The molecular weight excluding hydrogens is 235 g/mol. The van der Waals surface area contributed by atoms with Crippen molar-refractivity contribution in [3.05, 3.63) is 28.2 Å². The molecule has 1 aromatic carbocycles. The number of alkyl halides is 1. The molecule has 0 amide bonds. The normalized spacial score (nSPS) is 26.4. The Kier molecular flexibility index (Phi) is 2.06. The SMILES string of the molecule is CC1(F)CCOc2cccc(Br)c21. The smallest absolute Gasteiger partial charge is 0.141 e. The van der Waals surface area contributed by atoms with E-state index in [9.17, 15) is 4.39 Å². The van der Waals surface area contributed by atoms with Gasteiger partial charge in [-0.2, -0.15) is 0 Å². The molecule has 1 nitrogen and oxygen atoms in total. The van der Waals surface area contributed by atoms with E-state index in [1.807, 2.05) is 12.1 Å². The summed E-state index contributed by atoms with van der Waals surface area (Å²) in [6.07, 6.45) is 0.419. The second-order valence-electron chi connectivity index (χ2n) is 3.41. The topological polar surface area (TPSA) is 9.23 Å². The first-order valence-electron chi connectivity index (χ1n) is 4.22.